The van der Waals surface area contributed by atoms with Crippen molar-refractivity contribution in [2.45, 2.75) is 4.90 Å². The Morgan fingerprint density at radius 2 is 2.07 bits per heavy atom. The van der Waals surface area contributed by atoms with Crippen molar-refractivity contribution in [3.63, 3.8) is 0 Å². The van der Waals surface area contributed by atoms with Crippen molar-refractivity contribution < 1.29 is 5.11 Å². The molecule has 0 amide bonds. The number of hydrogen-bond acceptors (Lipinski definition) is 3. The van der Waals surface area contributed by atoms with Crippen molar-refractivity contribution in [2.24, 2.45) is 0 Å². The standard InChI is InChI=1S/C9H10N2O2S/c12-3-4-14-6-1-2-7-8(5-6)11-9(13)10-7/h1-2,5,12H,3-4H2,(H2,10,11,13). The Bertz CT molecular complexity index is 489. The first-order valence-corrected chi connectivity index (χ1v) is 5.24. The number of aliphatic hydroxyl groups is 1. The van der Waals surface area contributed by atoms with E-state index in [0.29, 0.717) is 5.75 Å². The average Bonchev–Trinajstić information content (AvgIpc) is 2.54. The molecule has 1 heterocycles. The Balaban J connectivity index is 2.35. The zero-order chi connectivity index (χ0) is 9.97. The Hall–Kier alpha value is -1.20. The molecule has 0 aliphatic heterocycles. The van der Waals surface area contributed by atoms with Gasteiger partial charge >= 0.3 is 5.69 Å². The molecule has 0 aliphatic rings. The minimum absolute atomic E-state index is 0.159. The van der Waals surface area contributed by atoms with E-state index in [1.165, 1.54) is 0 Å². The lowest BCUT2D eigenvalue weighted by Gasteiger charge is -1.98. The van der Waals surface area contributed by atoms with E-state index in [-0.39, 0.29) is 12.3 Å². The van der Waals surface area contributed by atoms with Crippen LogP contribution < -0.4 is 5.69 Å². The van der Waals surface area contributed by atoms with Crippen LogP contribution in [0.1, 0.15) is 0 Å². The smallest absolute Gasteiger partial charge is 0.323 e. The number of nitrogens with one attached hydrogen (secondary N) is 2. The van der Waals surface area contributed by atoms with Gasteiger partial charge in [-0.3, -0.25) is 0 Å². The van der Waals surface area contributed by atoms with Crippen LogP contribution in [0.4, 0.5) is 0 Å². The maximum absolute atomic E-state index is 11.0. The molecule has 0 saturated carbocycles. The Morgan fingerprint density at radius 3 is 2.86 bits per heavy atom. The SMILES string of the molecule is O=c1[nH]c2ccc(SCCO)cc2[nH]1. The first kappa shape index (κ1) is 9.36. The fourth-order valence-electron chi connectivity index (χ4n) is 1.26. The first-order valence-electron chi connectivity index (χ1n) is 4.25. The molecule has 0 aliphatic carbocycles. The average molecular weight is 210 g/mol. The molecule has 5 heteroatoms. The van der Waals surface area contributed by atoms with Crippen LogP contribution in [0.25, 0.3) is 11.0 Å². The molecule has 4 nitrogen and oxygen atoms in total. The van der Waals surface area contributed by atoms with Crippen LogP contribution in [-0.4, -0.2) is 27.4 Å². The molecule has 3 N–H and O–H groups in total. The lowest BCUT2D eigenvalue weighted by atomic mass is 10.3. The number of thioether (sulfide) groups is 1. The van der Waals surface area contributed by atoms with Gasteiger partial charge in [0, 0.05) is 10.6 Å². The third kappa shape index (κ3) is 1.83. The number of aliphatic hydroxyl groups excluding tert-OH is 1. The second kappa shape index (κ2) is 3.89. The van der Waals surface area contributed by atoms with Gasteiger partial charge in [0.1, 0.15) is 0 Å². The lowest BCUT2D eigenvalue weighted by molar-refractivity contribution is 0.322. The molecule has 0 unspecified atom stereocenters. The number of aromatic amines is 2. The molecule has 0 fully saturated rings. The molecule has 0 spiro atoms. The van der Waals surface area contributed by atoms with Crippen molar-refractivity contribution >= 4 is 22.8 Å². The van der Waals surface area contributed by atoms with Crippen LogP contribution in [0.3, 0.4) is 0 Å². The topological polar surface area (TPSA) is 68.9 Å². The summed E-state index contributed by atoms with van der Waals surface area (Å²) in [6.45, 7) is 0.159. The molecule has 74 valence electrons. The molecule has 0 radical (unpaired) electrons. The fourth-order valence-corrected chi connectivity index (χ4v) is 1.96. The largest absolute Gasteiger partial charge is 0.396 e. The van der Waals surface area contributed by atoms with Gasteiger partial charge in [-0.2, -0.15) is 0 Å². The third-order valence-electron chi connectivity index (χ3n) is 1.85. The Kier molecular flexibility index (Phi) is 2.60. The number of H-pyrrole nitrogens is 2. The highest BCUT2D eigenvalue weighted by Crippen LogP contribution is 2.20. The quantitative estimate of drug-likeness (QED) is 0.660. The van der Waals surface area contributed by atoms with Gasteiger partial charge in [0.05, 0.1) is 17.6 Å². The highest BCUT2D eigenvalue weighted by Gasteiger charge is 1.99. The maximum Gasteiger partial charge on any atom is 0.323 e. The maximum atomic E-state index is 11.0. The van der Waals surface area contributed by atoms with Crippen LogP contribution >= 0.6 is 11.8 Å². The molecule has 0 atom stereocenters. The van der Waals surface area contributed by atoms with Crippen LogP contribution in [0.5, 0.6) is 0 Å². The normalized spacial score (nSPS) is 10.9. The number of fused-ring (bicyclic) bond motifs is 1. The summed E-state index contributed by atoms with van der Waals surface area (Å²) in [5.41, 5.74) is 1.42. The van der Waals surface area contributed by atoms with Crippen LogP contribution in [0.15, 0.2) is 27.9 Å². The highest BCUT2D eigenvalue weighted by molar-refractivity contribution is 7.99. The third-order valence-corrected chi connectivity index (χ3v) is 2.82. The predicted molar refractivity (Wildman–Crippen MR) is 56.7 cm³/mol. The molecular formula is C9H10N2O2S. The second-order valence-corrected chi connectivity index (χ2v) is 4.03. The van der Waals surface area contributed by atoms with E-state index >= 15 is 0 Å². The zero-order valence-corrected chi connectivity index (χ0v) is 8.23. The molecule has 2 rings (SSSR count). The minimum atomic E-state index is -0.190. The van der Waals surface area contributed by atoms with E-state index in [1.54, 1.807) is 11.8 Å². The van der Waals surface area contributed by atoms with Gasteiger partial charge in [-0.05, 0) is 18.2 Å². The van der Waals surface area contributed by atoms with E-state index in [1.807, 2.05) is 18.2 Å². The summed E-state index contributed by atoms with van der Waals surface area (Å²) in [5.74, 6) is 0.667. The van der Waals surface area contributed by atoms with E-state index in [0.717, 1.165) is 15.9 Å². The fraction of sp³-hybridized carbons (Fsp3) is 0.222. The second-order valence-electron chi connectivity index (χ2n) is 2.86. The van der Waals surface area contributed by atoms with Crippen molar-refractivity contribution in [3.8, 4) is 0 Å². The molecule has 1 aromatic carbocycles. The molecule has 14 heavy (non-hydrogen) atoms. The van der Waals surface area contributed by atoms with Crippen molar-refractivity contribution in [1.29, 1.82) is 0 Å². The summed E-state index contributed by atoms with van der Waals surface area (Å²) in [6.07, 6.45) is 0. The van der Waals surface area contributed by atoms with Crippen LogP contribution in [-0.2, 0) is 0 Å². The lowest BCUT2D eigenvalue weighted by Crippen LogP contribution is -1.99. The number of hydrogen-bond donors (Lipinski definition) is 3. The van der Waals surface area contributed by atoms with Crippen LogP contribution in [0, 0.1) is 0 Å². The predicted octanol–water partition coefficient (Wildman–Crippen LogP) is 0.941. The Morgan fingerprint density at radius 1 is 1.29 bits per heavy atom. The van der Waals surface area contributed by atoms with Gasteiger partial charge in [0.25, 0.3) is 0 Å². The summed E-state index contributed by atoms with van der Waals surface area (Å²) < 4.78 is 0. The zero-order valence-electron chi connectivity index (χ0n) is 7.41. The summed E-state index contributed by atoms with van der Waals surface area (Å²) in [5, 5.41) is 8.66. The van der Waals surface area contributed by atoms with Gasteiger partial charge in [0.2, 0.25) is 0 Å². The number of aromatic nitrogens is 2. The van der Waals surface area contributed by atoms with Gasteiger partial charge in [-0.1, -0.05) is 0 Å². The first-order chi connectivity index (χ1) is 6.79. The van der Waals surface area contributed by atoms with E-state index in [9.17, 15) is 4.79 Å². The van der Waals surface area contributed by atoms with Gasteiger partial charge in [-0.15, -0.1) is 11.8 Å². The highest BCUT2D eigenvalue weighted by atomic mass is 32.2. The van der Waals surface area contributed by atoms with Crippen LogP contribution in [0.2, 0.25) is 0 Å². The monoisotopic (exact) mass is 210 g/mol. The molecule has 0 saturated heterocycles. The van der Waals surface area contributed by atoms with Gasteiger partial charge < -0.3 is 15.1 Å². The van der Waals surface area contributed by atoms with E-state index in [2.05, 4.69) is 9.97 Å². The number of imidazole rings is 1. The van der Waals surface area contributed by atoms with Gasteiger partial charge in [-0.25, -0.2) is 4.79 Å². The molecule has 2 aromatic rings. The molecular weight excluding hydrogens is 200 g/mol. The van der Waals surface area contributed by atoms with Crippen molar-refractivity contribution in [1.82, 2.24) is 9.97 Å². The summed E-state index contributed by atoms with van der Waals surface area (Å²) in [6, 6.07) is 5.67. The summed E-state index contributed by atoms with van der Waals surface area (Å²) in [4.78, 5) is 17.4. The van der Waals surface area contributed by atoms with E-state index in [4.69, 9.17) is 5.11 Å². The van der Waals surface area contributed by atoms with Crippen molar-refractivity contribution in [2.75, 3.05) is 12.4 Å². The van der Waals surface area contributed by atoms with Gasteiger partial charge in [0.15, 0.2) is 0 Å². The van der Waals surface area contributed by atoms with E-state index < -0.39 is 0 Å². The minimum Gasteiger partial charge on any atom is -0.396 e. The number of benzene rings is 1. The van der Waals surface area contributed by atoms with Crippen molar-refractivity contribution in [3.05, 3.63) is 28.7 Å². The Labute approximate surface area is 84.4 Å². The molecule has 1 aromatic heterocycles. The summed E-state index contributed by atoms with van der Waals surface area (Å²) >= 11 is 1.56. The molecule has 0 bridgehead atoms. The summed E-state index contributed by atoms with van der Waals surface area (Å²) in [7, 11) is 0. The number of rotatable bonds is 3.